The highest BCUT2D eigenvalue weighted by Crippen LogP contribution is 2.28. The number of aromatic amines is 1. The van der Waals surface area contributed by atoms with Gasteiger partial charge in [-0.3, -0.25) is 4.79 Å². The monoisotopic (exact) mass is 328 g/mol. The number of aromatic hydroxyl groups is 1. The van der Waals surface area contributed by atoms with E-state index in [1.807, 2.05) is 0 Å². The van der Waals surface area contributed by atoms with Crippen LogP contribution < -0.4 is 10.3 Å². The van der Waals surface area contributed by atoms with Crippen molar-refractivity contribution in [2.75, 3.05) is 7.11 Å². The summed E-state index contributed by atoms with van der Waals surface area (Å²) in [6.07, 6.45) is 1.64. The minimum atomic E-state index is -0.250. The van der Waals surface area contributed by atoms with Gasteiger partial charge in [-0.15, -0.1) is 0 Å². The zero-order valence-electron chi connectivity index (χ0n) is 12.2. The molecule has 0 unspecified atom stereocenters. The van der Waals surface area contributed by atoms with Crippen molar-refractivity contribution in [3.63, 3.8) is 0 Å². The molecule has 0 amide bonds. The van der Waals surface area contributed by atoms with Crippen molar-refractivity contribution in [1.82, 2.24) is 9.97 Å². The number of rotatable bonds is 3. The lowest BCUT2D eigenvalue weighted by Gasteiger charge is -2.05. The number of aromatic nitrogens is 2. The maximum absolute atomic E-state index is 12.1. The molecule has 0 aliphatic heterocycles. The highest BCUT2D eigenvalue weighted by molar-refractivity contribution is 6.50. The molecule has 116 valence electrons. The van der Waals surface area contributed by atoms with Crippen LogP contribution in [0.3, 0.4) is 0 Å². The van der Waals surface area contributed by atoms with Crippen LogP contribution in [0.2, 0.25) is 0 Å². The number of nitrogens with zero attached hydrogens (tertiary/aromatic N) is 1. The van der Waals surface area contributed by atoms with Crippen LogP contribution >= 0.6 is 11.6 Å². The molecule has 0 aliphatic carbocycles. The van der Waals surface area contributed by atoms with E-state index < -0.39 is 0 Å². The molecular formula is C17H13ClN2O3. The van der Waals surface area contributed by atoms with E-state index in [1.165, 1.54) is 13.2 Å². The molecule has 2 aromatic carbocycles. The number of nitrogens with one attached hydrogen (secondary N) is 1. The van der Waals surface area contributed by atoms with Gasteiger partial charge in [-0.1, -0.05) is 29.8 Å². The summed E-state index contributed by atoms with van der Waals surface area (Å²) in [5, 5.41) is 10.4. The fourth-order valence-corrected chi connectivity index (χ4v) is 2.41. The topological polar surface area (TPSA) is 75.2 Å². The van der Waals surface area contributed by atoms with Gasteiger partial charge in [-0.25, -0.2) is 4.98 Å². The molecule has 0 saturated carbocycles. The Morgan fingerprint density at radius 3 is 2.87 bits per heavy atom. The summed E-state index contributed by atoms with van der Waals surface area (Å²) in [5.74, 6) is 0.656. The Morgan fingerprint density at radius 2 is 2.09 bits per heavy atom. The predicted molar refractivity (Wildman–Crippen MR) is 90.7 cm³/mol. The van der Waals surface area contributed by atoms with E-state index >= 15 is 0 Å². The SMILES string of the molecule is COc1cc(/C=C(\Cl)c2nc3ccccc3c(=O)[nH]2)ccc1O. The van der Waals surface area contributed by atoms with E-state index in [0.717, 1.165) is 0 Å². The van der Waals surface area contributed by atoms with Gasteiger partial charge in [-0.05, 0) is 35.9 Å². The highest BCUT2D eigenvalue weighted by atomic mass is 35.5. The van der Waals surface area contributed by atoms with Crippen molar-refractivity contribution < 1.29 is 9.84 Å². The third kappa shape index (κ3) is 3.05. The second kappa shape index (κ2) is 6.14. The molecule has 5 nitrogen and oxygen atoms in total. The van der Waals surface area contributed by atoms with E-state index in [-0.39, 0.29) is 22.2 Å². The Labute approximate surface area is 136 Å². The Bertz CT molecular complexity index is 963. The second-order valence-electron chi connectivity index (χ2n) is 4.86. The van der Waals surface area contributed by atoms with Crippen LogP contribution in [0, 0.1) is 0 Å². The van der Waals surface area contributed by atoms with Crippen molar-refractivity contribution >= 4 is 33.6 Å². The fraction of sp³-hybridized carbons (Fsp3) is 0.0588. The third-order valence-corrected chi connectivity index (χ3v) is 3.62. The average molecular weight is 329 g/mol. The molecule has 0 fully saturated rings. The van der Waals surface area contributed by atoms with Crippen LogP contribution in [0.25, 0.3) is 22.0 Å². The summed E-state index contributed by atoms with van der Waals surface area (Å²) < 4.78 is 5.05. The van der Waals surface area contributed by atoms with Crippen molar-refractivity contribution in [3.8, 4) is 11.5 Å². The zero-order valence-corrected chi connectivity index (χ0v) is 13.0. The van der Waals surface area contributed by atoms with Crippen molar-refractivity contribution in [1.29, 1.82) is 0 Å². The Hall–Kier alpha value is -2.79. The standard InChI is InChI=1S/C17H13ClN2O3/c1-23-15-9-10(6-7-14(15)21)8-12(18)16-19-13-5-3-2-4-11(13)17(22)20-16/h2-9,21H,1H3,(H,19,20,22)/b12-8-. The molecular weight excluding hydrogens is 316 g/mol. The molecule has 1 heterocycles. The van der Waals surface area contributed by atoms with Gasteiger partial charge < -0.3 is 14.8 Å². The lowest BCUT2D eigenvalue weighted by molar-refractivity contribution is 0.373. The predicted octanol–water partition coefficient (Wildman–Crippen LogP) is 3.37. The summed E-state index contributed by atoms with van der Waals surface area (Å²) >= 11 is 6.27. The van der Waals surface area contributed by atoms with E-state index in [2.05, 4.69) is 9.97 Å². The molecule has 0 radical (unpaired) electrons. The Kier molecular flexibility index (Phi) is 4.04. The second-order valence-corrected chi connectivity index (χ2v) is 5.26. The van der Waals surface area contributed by atoms with Crippen molar-refractivity contribution in [3.05, 3.63) is 64.2 Å². The molecule has 6 heteroatoms. The lowest BCUT2D eigenvalue weighted by Crippen LogP contribution is -2.10. The molecule has 1 aromatic heterocycles. The summed E-state index contributed by atoms with van der Waals surface area (Å²) in [6.45, 7) is 0. The maximum atomic E-state index is 12.1. The van der Waals surface area contributed by atoms with Gasteiger partial charge in [0.25, 0.3) is 5.56 Å². The fourth-order valence-electron chi connectivity index (χ4n) is 2.20. The number of hydrogen-bond donors (Lipinski definition) is 2. The first-order chi connectivity index (χ1) is 11.1. The third-order valence-electron chi connectivity index (χ3n) is 3.34. The number of fused-ring (bicyclic) bond motifs is 1. The molecule has 3 rings (SSSR count). The number of H-pyrrole nitrogens is 1. The van der Waals surface area contributed by atoms with Gasteiger partial charge in [0.05, 0.1) is 23.0 Å². The summed E-state index contributed by atoms with van der Waals surface area (Å²) in [5.41, 5.74) is 1.03. The van der Waals surface area contributed by atoms with Crippen LogP contribution in [0.1, 0.15) is 11.4 Å². The van der Waals surface area contributed by atoms with Gasteiger partial charge in [0.1, 0.15) is 0 Å². The van der Waals surface area contributed by atoms with Gasteiger partial charge in [0.15, 0.2) is 17.3 Å². The van der Waals surface area contributed by atoms with Crippen LogP contribution in [-0.2, 0) is 0 Å². The molecule has 0 atom stereocenters. The first kappa shape index (κ1) is 15.1. The van der Waals surface area contributed by atoms with Crippen LogP contribution in [-0.4, -0.2) is 22.2 Å². The number of ether oxygens (including phenoxy) is 1. The largest absolute Gasteiger partial charge is 0.504 e. The number of halogens is 1. The molecule has 3 aromatic rings. The summed E-state index contributed by atoms with van der Waals surface area (Å²) in [7, 11) is 1.46. The normalized spacial score (nSPS) is 11.7. The summed E-state index contributed by atoms with van der Waals surface area (Å²) in [6, 6.07) is 11.9. The molecule has 0 saturated heterocycles. The van der Waals surface area contributed by atoms with Gasteiger partial charge in [0.2, 0.25) is 0 Å². The Balaban J connectivity index is 2.06. The number of phenols is 1. The number of methoxy groups -OCH3 is 1. The van der Waals surface area contributed by atoms with Gasteiger partial charge in [0, 0.05) is 0 Å². The molecule has 0 aliphatic rings. The number of phenolic OH excluding ortho intramolecular Hbond substituents is 1. The molecule has 0 bridgehead atoms. The van der Waals surface area contributed by atoms with Crippen LogP contribution in [0.15, 0.2) is 47.3 Å². The molecule has 2 N–H and O–H groups in total. The number of hydrogen-bond acceptors (Lipinski definition) is 4. The first-order valence-electron chi connectivity index (χ1n) is 6.82. The lowest BCUT2D eigenvalue weighted by atomic mass is 10.2. The van der Waals surface area contributed by atoms with E-state index in [1.54, 1.807) is 42.5 Å². The highest BCUT2D eigenvalue weighted by Gasteiger charge is 2.07. The summed E-state index contributed by atoms with van der Waals surface area (Å²) in [4.78, 5) is 19.1. The van der Waals surface area contributed by atoms with E-state index in [9.17, 15) is 9.90 Å². The quantitative estimate of drug-likeness (QED) is 0.773. The average Bonchev–Trinajstić information content (AvgIpc) is 2.56. The Morgan fingerprint density at radius 1 is 1.30 bits per heavy atom. The van der Waals surface area contributed by atoms with Crippen LogP contribution in [0.5, 0.6) is 11.5 Å². The molecule has 0 spiro atoms. The number of para-hydroxylation sites is 1. The smallest absolute Gasteiger partial charge is 0.259 e. The maximum Gasteiger partial charge on any atom is 0.259 e. The van der Waals surface area contributed by atoms with E-state index in [4.69, 9.17) is 16.3 Å². The first-order valence-corrected chi connectivity index (χ1v) is 7.20. The molecule has 23 heavy (non-hydrogen) atoms. The van der Waals surface area contributed by atoms with Crippen LogP contribution in [0.4, 0.5) is 0 Å². The van der Waals surface area contributed by atoms with Gasteiger partial charge >= 0.3 is 0 Å². The number of benzene rings is 2. The minimum absolute atomic E-state index is 0.0398. The van der Waals surface area contributed by atoms with Crippen molar-refractivity contribution in [2.24, 2.45) is 0 Å². The van der Waals surface area contributed by atoms with Crippen molar-refractivity contribution in [2.45, 2.75) is 0 Å². The van der Waals surface area contributed by atoms with E-state index in [0.29, 0.717) is 22.2 Å². The minimum Gasteiger partial charge on any atom is -0.504 e. The van der Waals surface area contributed by atoms with Gasteiger partial charge in [-0.2, -0.15) is 0 Å². The zero-order chi connectivity index (χ0) is 16.4.